The molecule has 0 aromatic carbocycles. The summed E-state index contributed by atoms with van der Waals surface area (Å²) in [6, 6.07) is 0.146. The van der Waals surface area contributed by atoms with Crippen LogP contribution in [0.25, 0.3) is 0 Å². The average Bonchev–Trinajstić information content (AvgIpc) is 2.80. The van der Waals surface area contributed by atoms with Gasteiger partial charge in [0.15, 0.2) is 0 Å². The summed E-state index contributed by atoms with van der Waals surface area (Å²) in [6.07, 6.45) is 3.53. The van der Waals surface area contributed by atoms with Crippen molar-refractivity contribution in [3.63, 3.8) is 0 Å². The van der Waals surface area contributed by atoms with E-state index < -0.39 is 11.5 Å². The number of carbonyl (C=O) groups excluding carboxylic acids is 1. The van der Waals surface area contributed by atoms with Crippen molar-refractivity contribution in [2.75, 3.05) is 13.2 Å². The molecular formula is C14H24N2O4. The smallest absolute Gasteiger partial charge is 0.329 e. The number of likely N-dealkylation sites (tertiary alicyclic amines) is 1. The van der Waals surface area contributed by atoms with E-state index in [4.69, 9.17) is 4.74 Å². The molecule has 20 heavy (non-hydrogen) atoms. The lowest BCUT2D eigenvalue weighted by Gasteiger charge is -2.37. The molecule has 114 valence electrons. The van der Waals surface area contributed by atoms with Crippen LogP contribution in [0.4, 0.5) is 4.79 Å². The second-order valence-electron chi connectivity index (χ2n) is 5.83. The maximum atomic E-state index is 12.5. The highest BCUT2D eigenvalue weighted by molar-refractivity contribution is 5.86. The van der Waals surface area contributed by atoms with Gasteiger partial charge in [-0.2, -0.15) is 0 Å². The fourth-order valence-corrected chi connectivity index (χ4v) is 3.22. The van der Waals surface area contributed by atoms with Gasteiger partial charge in [-0.15, -0.1) is 0 Å². The van der Waals surface area contributed by atoms with Crippen molar-refractivity contribution in [2.45, 2.75) is 63.6 Å². The lowest BCUT2D eigenvalue weighted by atomic mass is 9.90. The first kappa shape index (κ1) is 15.1. The van der Waals surface area contributed by atoms with Crippen molar-refractivity contribution in [1.82, 2.24) is 10.2 Å². The number of amides is 2. The van der Waals surface area contributed by atoms with Gasteiger partial charge in [-0.05, 0) is 26.2 Å². The third-order valence-electron chi connectivity index (χ3n) is 4.59. The lowest BCUT2D eigenvalue weighted by molar-refractivity contribution is -0.148. The van der Waals surface area contributed by atoms with Crippen molar-refractivity contribution in [3.8, 4) is 0 Å². The Hall–Kier alpha value is -1.30. The number of carbonyl (C=O) groups is 2. The quantitative estimate of drug-likeness (QED) is 0.825. The van der Waals surface area contributed by atoms with E-state index in [9.17, 15) is 14.7 Å². The SMILES string of the molecule is CCC1CCC(C)N1C(=O)NC1(C(=O)O)CCOCC1. The number of nitrogens with one attached hydrogen (secondary N) is 1. The number of nitrogens with zero attached hydrogens (tertiary/aromatic N) is 1. The number of carboxylic acid groups (broad SMARTS) is 1. The molecule has 2 amide bonds. The Morgan fingerprint density at radius 2 is 2.00 bits per heavy atom. The number of ether oxygens (including phenoxy) is 1. The van der Waals surface area contributed by atoms with Crippen molar-refractivity contribution in [3.05, 3.63) is 0 Å². The highest BCUT2D eigenvalue weighted by Gasteiger charge is 2.44. The van der Waals surface area contributed by atoms with E-state index in [1.807, 2.05) is 11.8 Å². The molecule has 2 aliphatic heterocycles. The lowest BCUT2D eigenvalue weighted by Crippen LogP contribution is -2.61. The van der Waals surface area contributed by atoms with E-state index in [-0.39, 0.29) is 18.1 Å². The first-order valence-corrected chi connectivity index (χ1v) is 7.42. The first-order valence-electron chi connectivity index (χ1n) is 7.42. The van der Waals surface area contributed by atoms with Gasteiger partial charge in [-0.1, -0.05) is 6.92 Å². The van der Waals surface area contributed by atoms with Crippen LogP contribution in [0.1, 0.15) is 46.0 Å². The van der Waals surface area contributed by atoms with E-state index in [0.29, 0.717) is 26.1 Å². The Balaban J connectivity index is 2.10. The van der Waals surface area contributed by atoms with Crippen LogP contribution >= 0.6 is 0 Å². The zero-order valence-electron chi connectivity index (χ0n) is 12.2. The van der Waals surface area contributed by atoms with Crippen molar-refractivity contribution in [2.24, 2.45) is 0 Å². The fourth-order valence-electron chi connectivity index (χ4n) is 3.22. The predicted molar refractivity (Wildman–Crippen MR) is 73.6 cm³/mol. The van der Waals surface area contributed by atoms with Crippen LogP contribution < -0.4 is 5.32 Å². The normalized spacial score (nSPS) is 29.2. The van der Waals surface area contributed by atoms with Gasteiger partial charge in [0.05, 0.1) is 0 Å². The van der Waals surface area contributed by atoms with Crippen LogP contribution in [0.2, 0.25) is 0 Å². The van der Waals surface area contributed by atoms with Gasteiger partial charge in [-0.3, -0.25) is 0 Å². The predicted octanol–water partition coefficient (Wildman–Crippen LogP) is 1.59. The van der Waals surface area contributed by atoms with Crippen LogP contribution in [0, 0.1) is 0 Å². The minimum atomic E-state index is -1.17. The van der Waals surface area contributed by atoms with Gasteiger partial charge in [-0.25, -0.2) is 9.59 Å². The maximum absolute atomic E-state index is 12.5. The summed E-state index contributed by atoms with van der Waals surface area (Å²) < 4.78 is 5.22. The molecule has 0 bridgehead atoms. The molecule has 2 atom stereocenters. The highest BCUT2D eigenvalue weighted by atomic mass is 16.5. The van der Waals surface area contributed by atoms with Gasteiger partial charge >= 0.3 is 12.0 Å². The van der Waals surface area contributed by atoms with Crippen LogP contribution in [0.15, 0.2) is 0 Å². The molecule has 0 aromatic heterocycles. The Morgan fingerprint density at radius 3 is 2.55 bits per heavy atom. The second kappa shape index (κ2) is 5.99. The average molecular weight is 284 g/mol. The Bertz CT molecular complexity index is 379. The Kier molecular flexibility index (Phi) is 4.52. The number of urea groups is 1. The summed E-state index contributed by atoms with van der Waals surface area (Å²) in [7, 11) is 0. The highest BCUT2D eigenvalue weighted by Crippen LogP contribution is 2.28. The molecule has 6 nitrogen and oxygen atoms in total. The van der Waals surface area contributed by atoms with Crippen molar-refractivity contribution in [1.29, 1.82) is 0 Å². The fraction of sp³-hybridized carbons (Fsp3) is 0.857. The van der Waals surface area contributed by atoms with Crippen molar-refractivity contribution < 1.29 is 19.4 Å². The zero-order valence-corrected chi connectivity index (χ0v) is 12.2. The van der Waals surface area contributed by atoms with Crippen molar-refractivity contribution >= 4 is 12.0 Å². The van der Waals surface area contributed by atoms with Gasteiger partial charge in [0, 0.05) is 38.1 Å². The van der Waals surface area contributed by atoms with Gasteiger partial charge in [0.2, 0.25) is 0 Å². The number of aliphatic carboxylic acids is 1. The number of hydrogen-bond acceptors (Lipinski definition) is 3. The molecule has 2 saturated heterocycles. The molecule has 2 heterocycles. The van der Waals surface area contributed by atoms with E-state index in [1.54, 1.807) is 0 Å². The Morgan fingerprint density at radius 1 is 1.35 bits per heavy atom. The second-order valence-corrected chi connectivity index (χ2v) is 5.83. The molecule has 0 aliphatic carbocycles. The topological polar surface area (TPSA) is 78.9 Å². The monoisotopic (exact) mass is 284 g/mol. The van der Waals surface area contributed by atoms with E-state index in [1.165, 1.54) is 0 Å². The molecule has 2 rings (SSSR count). The number of hydrogen-bond donors (Lipinski definition) is 2. The molecular weight excluding hydrogens is 260 g/mol. The molecule has 0 aromatic rings. The number of rotatable bonds is 3. The molecule has 2 N–H and O–H groups in total. The summed E-state index contributed by atoms with van der Waals surface area (Å²) in [5, 5.41) is 12.3. The summed E-state index contributed by atoms with van der Waals surface area (Å²) in [5.41, 5.74) is -1.17. The molecule has 0 radical (unpaired) electrons. The van der Waals surface area contributed by atoms with Crippen LogP contribution in [0.3, 0.4) is 0 Å². The number of carboxylic acids is 1. The van der Waals surface area contributed by atoms with Gasteiger partial charge in [0.1, 0.15) is 5.54 Å². The van der Waals surface area contributed by atoms with Gasteiger partial charge in [0.25, 0.3) is 0 Å². The minimum Gasteiger partial charge on any atom is -0.480 e. The summed E-state index contributed by atoms with van der Waals surface area (Å²) >= 11 is 0. The standard InChI is InChI=1S/C14H24N2O4/c1-3-11-5-4-10(2)16(11)13(19)15-14(12(17)18)6-8-20-9-7-14/h10-11H,3-9H2,1-2H3,(H,15,19)(H,17,18). The van der Waals surface area contributed by atoms with Crippen LogP contribution in [0.5, 0.6) is 0 Å². The molecule has 0 spiro atoms. The third kappa shape index (κ3) is 2.75. The van der Waals surface area contributed by atoms with E-state index >= 15 is 0 Å². The Labute approximate surface area is 119 Å². The molecule has 6 heteroatoms. The first-order chi connectivity index (χ1) is 9.50. The summed E-state index contributed by atoms with van der Waals surface area (Å²) in [6.45, 7) is 4.83. The van der Waals surface area contributed by atoms with E-state index in [2.05, 4.69) is 12.2 Å². The largest absolute Gasteiger partial charge is 0.480 e. The summed E-state index contributed by atoms with van der Waals surface area (Å²) in [5.74, 6) is -0.964. The van der Waals surface area contributed by atoms with Gasteiger partial charge < -0.3 is 20.1 Å². The van der Waals surface area contributed by atoms with Crippen LogP contribution in [-0.2, 0) is 9.53 Å². The zero-order chi connectivity index (χ0) is 14.8. The molecule has 2 aliphatic rings. The molecule has 0 saturated carbocycles. The molecule has 2 unspecified atom stereocenters. The third-order valence-corrected chi connectivity index (χ3v) is 4.59. The maximum Gasteiger partial charge on any atom is 0.329 e. The summed E-state index contributed by atoms with van der Waals surface area (Å²) in [4.78, 5) is 25.9. The molecule has 2 fully saturated rings. The van der Waals surface area contributed by atoms with Crippen LogP contribution in [-0.4, -0.2) is 52.8 Å². The minimum absolute atomic E-state index is 0.172. The van der Waals surface area contributed by atoms with E-state index in [0.717, 1.165) is 19.3 Å².